The minimum atomic E-state index is 0.419. The van der Waals surface area contributed by atoms with E-state index in [2.05, 4.69) is 71.4 Å². The maximum atomic E-state index is 4.40. The molecule has 110 valence electrons. The summed E-state index contributed by atoms with van der Waals surface area (Å²) in [6, 6.07) is 6.26. The molecule has 1 aromatic carbocycles. The second kappa shape index (κ2) is 6.83. The Hall–Kier alpha value is -2.43. The first kappa shape index (κ1) is 15.0. The van der Waals surface area contributed by atoms with E-state index in [4.69, 9.17) is 0 Å². The Morgan fingerprint density at radius 2 is 2.14 bits per heavy atom. The van der Waals surface area contributed by atoms with Gasteiger partial charge in [0.25, 0.3) is 0 Å². The third-order valence-corrected chi connectivity index (χ3v) is 3.15. The van der Waals surface area contributed by atoms with E-state index < -0.39 is 0 Å². The van der Waals surface area contributed by atoms with Crippen molar-refractivity contribution in [2.75, 3.05) is 17.2 Å². The summed E-state index contributed by atoms with van der Waals surface area (Å²) in [6.07, 6.45) is 3.36. The Bertz CT molecular complexity index is 622. The van der Waals surface area contributed by atoms with Gasteiger partial charge in [-0.1, -0.05) is 38.1 Å². The van der Waals surface area contributed by atoms with Crippen LogP contribution in [0.15, 0.2) is 37.1 Å². The van der Waals surface area contributed by atoms with Crippen LogP contribution in [0.4, 0.5) is 17.5 Å². The van der Waals surface area contributed by atoms with E-state index in [9.17, 15) is 0 Å². The summed E-state index contributed by atoms with van der Waals surface area (Å²) < 4.78 is 0. The first-order valence-electron chi connectivity index (χ1n) is 7.03. The molecule has 0 aliphatic heterocycles. The van der Waals surface area contributed by atoms with E-state index in [1.807, 2.05) is 0 Å². The first-order valence-corrected chi connectivity index (χ1v) is 7.03. The molecular weight excluding hydrogens is 262 g/mol. The molecule has 0 saturated heterocycles. The molecule has 0 bridgehead atoms. The van der Waals surface area contributed by atoms with Crippen molar-refractivity contribution in [3.8, 4) is 0 Å². The van der Waals surface area contributed by atoms with Gasteiger partial charge in [-0.25, -0.2) is 0 Å². The number of benzene rings is 1. The summed E-state index contributed by atoms with van der Waals surface area (Å²) in [7, 11) is 0. The quantitative estimate of drug-likeness (QED) is 0.792. The van der Waals surface area contributed by atoms with Crippen LogP contribution in [0.2, 0.25) is 0 Å². The molecule has 0 spiro atoms. The molecule has 0 radical (unpaired) electrons. The Morgan fingerprint density at radius 3 is 2.86 bits per heavy atom. The summed E-state index contributed by atoms with van der Waals surface area (Å²) in [5.41, 5.74) is 3.45. The normalized spacial score (nSPS) is 10.5. The van der Waals surface area contributed by atoms with Crippen LogP contribution >= 0.6 is 0 Å². The predicted molar refractivity (Wildman–Crippen MR) is 87.1 cm³/mol. The molecule has 0 unspecified atom stereocenters. The fourth-order valence-electron chi connectivity index (χ4n) is 2.07. The first-order chi connectivity index (χ1) is 10.1. The zero-order valence-electron chi connectivity index (χ0n) is 12.7. The molecule has 2 rings (SSSR count). The topological polar surface area (TPSA) is 62.7 Å². The van der Waals surface area contributed by atoms with Gasteiger partial charge in [-0.05, 0) is 24.0 Å². The van der Waals surface area contributed by atoms with Gasteiger partial charge in [0.1, 0.15) is 0 Å². The molecule has 2 aromatic rings. The van der Waals surface area contributed by atoms with Crippen LogP contribution in [0, 0.1) is 6.92 Å². The summed E-state index contributed by atoms with van der Waals surface area (Å²) in [6.45, 7) is 10.7. The number of para-hydroxylation sites is 1. The van der Waals surface area contributed by atoms with E-state index in [0.717, 1.165) is 11.3 Å². The van der Waals surface area contributed by atoms with Crippen LogP contribution in [0.5, 0.6) is 0 Å². The van der Waals surface area contributed by atoms with Crippen molar-refractivity contribution in [3.05, 3.63) is 48.2 Å². The molecular formula is C16H21N5. The Morgan fingerprint density at radius 1 is 1.33 bits per heavy atom. The molecule has 1 heterocycles. The van der Waals surface area contributed by atoms with Gasteiger partial charge in [-0.2, -0.15) is 10.1 Å². The van der Waals surface area contributed by atoms with Crippen molar-refractivity contribution < 1.29 is 0 Å². The highest BCUT2D eigenvalue weighted by atomic mass is 15.3. The number of aromatic nitrogens is 3. The maximum Gasteiger partial charge on any atom is 0.249 e. The maximum absolute atomic E-state index is 4.40. The van der Waals surface area contributed by atoms with E-state index in [1.165, 1.54) is 5.56 Å². The van der Waals surface area contributed by atoms with Crippen molar-refractivity contribution in [2.45, 2.75) is 26.7 Å². The summed E-state index contributed by atoms with van der Waals surface area (Å²) in [5, 5.41) is 14.4. The summed E-state index contributed by atoms with van der Waals surface area (Å²) in [4.78, 5) is 4.40. The van der Waals surface area contributed by atoms with Gasteiger partial charge in [-0.3, -0.25) is 0 Å². The molecule has 5 heteroatoms. The van der Waals surface area contributed by atoms with Gasteiger partial charge in [0.2, 0.25) is 5.95 Å². The number of hydrogen-bond donors (Lipinski definition) is 2. The van der Waals surface area contributed by atoms with Crippen molar-refractivity contribution in [2.24, 2.45) is 0 Å². The lowest BCUT2D eigenvalue weighted by atomic mass is 9.98. The molecule has 5 nitrogen and oxygen atoms in total. The van der Waals surface area contributed by atoms with Crippen molar-refractivity contribution in [3.63, 3.8) is 0 Å². The Kier molecular flexibility index (Phi) is 4.87. The molecule has 0 aliphatic carbocycles. The Labute approximate surface area is 125 Å². The number of nitrogens with zero attached hydrogens (tertiary/aromatic N) is 3. The fraction of sp³-hybridized carbons (Fsp3) is 0.312. The van der Waals surface area contributed by atoms with E-state index in [1.54, 1.807) is 12.3 Å². The van der Waals surface area contributed by atoms with Crippen LogP contribution in [0.3, 0.4) is 0 Å². The van der Waals surface area contributed by atoms with Crippen molar-refractivity contribution >= 4 is 17.5 Å². The molecule has 0 aliphatic rings. The molecule has 0 atom stereocenters. The van der Waals surface area contributed by atoms with Gasteiger partial charge in [0.15, 0.2) is 5.82 Å². The number of nitrogens with one attached hydrogen (secondary N) is 2. The third-order valence-electron chi connectivity index (χ3n) is 3.15. The van der Waals surface area contributed by atoms with Crippen LogP contribution in [0.1, 0.15) is 30.9 Å². The minimum Gasteiger partial charge on any atom is -0.365 e. The van der Waals surface area contributed by atoms with E-state index >= 15 is 0 Å². The lowest BCUT2D eigenvalue weighted by Gasteiger charge is -2.16. The van der Waals surface area contributed by atoms with Crippen LogP contribution < -0.4 is 10.6 Å². The largest absolute Gasteiger partial charge is 0.365 e. The van der Waals surface area contributed by atoms with Crippen LogP contribution in [0.25, 0.3) is 0 Å². The van der Waals surface area contributed by atoms with Gasteiger partial charge in [0, 0.05) is 12.2 Å². The van der Waals surface area contributed by atoms with Gasteiger partial charge < -0.3 is 10.6 Å². The van der Waals surface area contributed by atoms with Gasteiger partial charge >= 0.3 is 0 Å². The highest BCUT2D eigenvalue weighted by Gasteiger charge is 2.10. The van der Waals surface area contributed by atoms with Gasteiger partial charge in [0.05, 0.1) is 6.20 Å². The highest BCUT2D eigenvalue weighted by molar-refractivity contribution is 5.64. The zero-order valence-corrected chi connectivity index (χ0v) is 12.7. The fourth-order valence-corrected chi connectivity index (χ4v) is 2.07. The predicted octanol–water partition coefficient (Wildman–Crippen LogP) is 3.64. The second-order valence-corrected chi connectivity index (χ2v) is 5.15. The number of hydrogen-bond acceptors (Lipinski definition) is 5. The monoisotopic (exact) mass is 283 g/mol. The average Bonchev–Trinajstić information content (AvgIpc) is 2.47. The lowest BCUT2D eigenvalue weighted by Crippen LogP contribution is -2.07. The van der Waals surface area contributed by atoms with Crippen molar-refractivity contribution in [1.82, 2.24) is 15.2 Å². The van der Waals surface area contributed by atoms with Crippen LogP contribution in [-0.2, 0) is 0 Å². The smallest absolute Gasteiger partial charge is 0.249 e. The average molecular weight is 283 g/mol. The molecule has 0 amide bonds. The second-order valence-electron chi connectivity index (χ2n) is 5.15. The minimum absolute atomic E-state index is 0.419. The summed E-state index contributed by atoms with van der Waals surface area (Å²) >= 11 is 0. The molecule has 0 saturated carbocycles. The molecule has 1 aromatic heterocycles. The number of aryl methyl sites for hydroxylation is 1. The third kappa shape index (κ3) is 3.78. The van der Waals surface area contributed by atoms with E-state index in [-0.39, 0.29) is 0 Å². The van der Waals surface area contributed by atoms with Crippen molar-refractivity contribution in [1.29, 1.82) is 0 Å². The van der Waals surface area contributed by atoms with Gasteiger partial charge in [-0.15, -0.1) is 11.7 Å². The molecule has 21 heavy (non-hydrogen) atoms. The standard InChI is InChI=1S/C16H21N5/c1-5-9-17-14-10-18-21-16(19-14)20-15-12(4)7-6-8-13(15)11(2)3/h5-8,10-11H,1,9H2,2-4H3,(H2,17,19,20,21). The zero-order chi connectivity index (χ0) is 15.2. The van der Waals surface area contributed by atoms with Crippen LogP contribution in [-0.4, -0.2) is 21.7 Å². The highest BCUT2D eigenvalue weighted by Crippen LogP contribution is 2.29. The number of rotatable bonds is 6. The number of anilines is 3. The summed E-state index contributed by atoms with van der Waals surface area (Å²) in [5.74, 6) is 1.58. The molecule has 0 fully saturated rings. The SMILES string of the molecule is C=CCNc1cnnc(Nc2c(C)cccc2C(C)C)n1. The molecule has 2 N–H and O–H groups in total. The lowest BCUT2D eigenvalue weighted by molar-refractivity contribution is 0.865. The van der Waals surface area contributed by atoms with E-state index in [0.29, 0.717) is 24.2 Å². The Balaban J connectivity index is 2.28.